The highest BCUT2D eigenvalue weighted by Gasteiger charge is 2.16. The number of rotatable bonds is 3. The number of morpholine rings is 1. The third-order valence-corrected chi connectivity index (χ3v) is 3.59. The molecule has 3 rings (SSSR count). The lowest BCUT2D eigenvalue weighted by Gasteiger charge is -2.27. The van der Waals surface area contributed by atoms with Gasteiger partial charge in [0, 0.05) is 31.0 Å². The van der Waals surface area contributed by atoms with E-state index in [1.807, 2.05) is 25.1 Å². The molecule has 3 heterocycles. The van der Waals surface area contributed by atoms with Crippen molar-refractivity contribution in [3.63, 3.8) is 0 Å². The van der Waals surface area contributed by atoms with Crippen LogP contribution in [-0.2, 0) is 4.74 Å². The predicted octanol–water partition coefficient (Wildman–Crippen LogP) is 0.266. The van der Waals surface area contributed by atoms with E-state index in [1.165, 1.54) is 0 Å². The predicted molar refractivity (Wildman–Crippen MR) is 95.9 cm³/mol. The highest BCUT2D eigenvalue weighted by molar-refractivity contribution is 5.61. The molecule has 2 aromatic heterocycles. The van der Waals surface area contributed by atoms with Crippen LogP contribution in [0.25, 0.3) is 11.3 Å². The van der Waals surface area contributed by atoms with Crippen molar-refractivity contribution in [2.75, 3.05) is 57.6 Å². The van der Waals surface area contributed by atoms with Crippen LogP contribution in [0.5, 0.6) is 0 Å². The zero-order chi connectivity index (χ0) is 17.6. The van der Waals surface area contributed by atoms with E-state index < -0.39 is 0 Å². The summed E-state index contributed by atoms with van der Waals surface area (Å²) in [5.41, 5.74) is 7.75. The molecule has 0 aliphatic carbocycles. The molecule has 2 aromatic rings. The first-order valence-electron chi connectivity index (χ1n) is 8.05. The van der Waals surface area contributed by atoms with Crippen LogP contribution in [0.3, 0.4) is 0 Å². The molecule has 0 spiro atoms. The summed E-state index contributed by atoms with van der Waals surface area (Å²) < 4.78 is 5.41. The number of nitrogens with two attached hydrogens (primary N) is 1. The third-order valence-electron chi connectivity index (χ3n) is 3.59. The van der Waals surface area contributed by atoms with E-state index in [0.717, 1.165) is 24.3 Å². The zero-order valence-electron chi connectivity index (χ0n) is 14.4. The second-order valence-corrected chi connectivity index (χ2v) is 5.91. The molecule has 1 fully saturated rings. The Bertz CT molecular complexity index is 774. The monoisotopic (exact) mass is 339 g/mol. The van der Waals surface area contributed by atoms with Gasteiger partial charge >= 0.3 is 0 Å². The standard InChI is InChI=1S/C17H21N7O/c1-23(2)5-3-4-14-10-15(13-11-19-16(18)20-12-13)22-17(21-14)24-6-8-25-9-7-24/h10-12H,5-9H2,1-2H3,(H2,18,19,20). The molecule has 0 atom stereocenters. The highest BCUT2D eigenvalue weighted by Crippen LogP contribution is 2.20. The summed E-state index contributed by atoms with van der Waals surface area (Å²) in [7, 11) is 3.95. The van der Waals surface area contributed by atoms with Crippen LogP contribution in [-0.4, -0.2) is 71.8 Å². The molecule has 0 saturated carbocycles. The zero-order valence-corrected chi connectivity index (χ0v) is 14.4. The van der Waals surface area contributed by atoms with Crippen molar-refractivity contribution in [3.05, 3.63) is 24.2 Å². The van der Waals surface area contributed by atoms with Crippen molar-refractivity contribution >= 4 is 11.9 Å². The maximum Gasteiger partial charge on any atom is 0.227 e. The van der Waals surface area contributed by atoms with Crippen LogP contribution in [0.4, 0.5) is 11.9 Å². The molecule has 1 aliphatic rings. The summed E-state index contributed by atoms with van der Waals surface area (Å²) in [6, 6.07) is 1.85. The number of nitrogens with zero attached hydrogens (tertiary/aromatic N) is 6. The SMILES string of the molecule is CN(C)CC#Cc1cc(-c2cnc(N)nc2)nc(N2CCOCC2)n1. The highest BCUT2D eigenvalue weighted by atomic mass is 16.5. The van der Waals surface area contributed by atoms with E-state index in [2.05, 4.69) is 36.7 Å². The Balaban J connectivity index is 1.97. The summed E-state index contributed by atoms with van der Waals surface area (Å²) in [4.78, 5) is 21.4. The lowest BCUT2D eigenvalue weighted by Crippen LogP contribution is -2.37. The molecule has 0 aromatic carbocycles. The van der Waals surface area contributed by atoms with Gasteiger partial charge in [0.25, 0.3) is 0 Å². The summed E-state index contributed by atoms with van der Waals surface area (Å²) >= 11 is 0. The number of anilines is 2. The Labute approximate surface area is 147 Å². The number of hydrogen-bond donors (Lipinski definition) is 1. The van der Waals surface area contributed by atoms with E-state index in [4.69, 9.17) is 10.5 Å². The molecule has 1 saturated heterocycles. The van der Waals surface area contributed by atoms with Gasteiger partial charge < -0.3 is 15.4 Å². The van der Waals surface area contributed by atoms with Gasteiger partial charge in [-0.3, -0.25) is 4.90 Å². The normalized spacial score (nSPS) is 14.3. The molecule has 0 bridgehead atoms. The molecule has 8 heteroatoms. The first kappa shape index (κ1) is 17.1. The first-order chi connectivity index (χ1) is 12.1. The van der Waals surface area contributed by atoms with E-state index in [0.29, 0.717) is 31.4 Å². The number of nitrogen functional groups attached to an aromatic ring is 1. The molecule has 130 valence electrons. The Morgan fingerprint density at radius 1 is 1.20 bits per heavy atom. The summed E-state index contributed by atoms with van der Waals surface area (Å²) in [5.74, 6) is 7.10. The fourth-order valence-electron chi connectivity index (χ4n) is 2.31. The second-order valence-electron chi connectivity index (χ2n) is 5.91. The van der Waals surface area contributed by atoms with Gasteiger partial charge in [0.05, 0.1) is 25.5 Å². The lowest BCUT2D eigenvalue weighted by atomic mass is 10.2. The summed E-state index contributed by atoms with van der Waals surface area (Å²) in [5, 5.41) is 0. The van der Waals surface area contributed by atoms with Gasteiger partial charge in [0.2, 0.25) is 11.9 Å². The second kappa shape index (κ2) is 7.88. The first-order valence-corrected chi connectivity index (χ1v) is 8.05. The maximum atomic E-state index is 5.57. The molecular formula is C17H21N7O. The quantitative estimate of drug-likeness (QED) is 0.796. The Hall–Kier alpha value is -2.76. The average molecular weight is 339 g/mol. The maximum absolute atomic E-state index is 5.57. The smallest absolute Gasteiger partial charge is 0.227 e. The van der Waals surface area contributed by atoms with Crippen molar-refractivity contribution in [3.8, 4) is 23.1 Å². The van der Waals surface area contributed by atoms with Crippen molar-refractivity contribution in [1.82, 2.24) is 24.8 Å². The van der Waals surface area contributed by atoms with Crippen molar-refractivity contribution in [2.24, 2.45) is 0 Å². The van der Waals surface area contributed by atoms with E-state index in [-0.39, 0.29) is 5.95 Å². The Kier molecular flexibility index (Phi) is 5.38. The number of aromatic nitrogens is 4. The van der Waals surface area contributed by atoms with Crippen LogP contribution >= 0.6 is 0 Å². The van der Waals surface area contributed by atoms with Crippen molar-refractivity contribution < 1.29 is 4.74 Å². The Morgan fingerprint density at radius 2 is 1.92 bits per heavy atom. The van der Waals surface area contributed by atoms with Gasteiger partial charge in [-0.2, -0.15) is 0 Å². The molecular weight excluding hydrogens is 318 g/mol. The summed E-state index contributed by atoms with van der Waals surface area (Å²) in [6.45, 7) is 3.51. The van der Waals surface area contributed by atoms with E-state index in [9.17, 15) is 0 Å². The topological polar surface area (TPSA) is 93.3 Å². The van der Waals surface area contributed by atoms with Crippen LogP contribution in [0.2, 0.25) is 0 Å². The fraction of sp³-hybridized carbons (Fsp3) is 0.412. The molecule has 0 radical (unpaired) electrons. The van der Waals surface area contributed by atoms with Crippen LogP contribution in [0.1, 0.15) is 5.69 Å². The molecule has 1 aliphatic heterocycles. The van der Waals surface area contributed by atoms with Gasteiger partial charge in [-0.05, 0) is 26.1 Å². The lowest BCUT2D eigenvalue weighted by molar-refractivity contribution is 0.122. The van der Waals surface area contributed by atoms with Crippen LogP contribution < -0.4 is 10.6 Å². The number of ether oxygens (including phenoxy) is 1. The van der Waals surface area contributed by atoms with Crippen LogP contribution in [0, 0.1) is 11.8 Å². The van der Waals surface area contributed by atoms with Crippen molar-refractivity contribution in [2.45, 2.75) is 0 Å². The third kappa shape index (κ3) is 4.62. The molecule has 2 N–H and O–H groups in total. The summed E-state index contributed by atoms with van der Waals surface area (Å²) in [6.07, 6.45) is 3.32. The van der Waals surface area contributed by atoms with E-state index >= 15 is 0 Å². The minimum absolute atomic E-state index is 0.234. The van der Waals surface area contributed by atoms with Gasteiger partial charge in [-0.1, -0.05) is 5.92 Å². The van der Waals surface area contributed by atoms with Crippen molar-refractivity contribution in [1.29, 1.82) is 0 Å². The minimum atomic E-state index is 0.234. The molecule has 0 unspecified atom stereocenters. The van der Waals surface area contributed by atoms with E-state index in [1.54, 1.807) is 12.4 Å². The number of hydrogen-bond acceptors (Lipinski definition) is 8. The molecule has 25 heavy (non-hydrogen) atoms. The van der Waals surface area contributed by atoms with Gasteiger partial charge in [-0.15, -0.1) is 0 Å². The van der Waals surface area contributed by atoms with Gasteiger partial charge in [0.1, 0.15) is 5.69 Å². The van der Waals surface area contributed by atoms with Gasteiger partial charge in [0.15, 0.2) is 0 Å². The fourth-order valence-corrected chi connectivity index (χ4v) is 2.31. The minimum Gasteiger partial charge on any atom is -0.378 e. The average Bonchev–Trinajstić information content (AvgIpc) is 2.62. The van der Waals surface area contributed by atoms with Crippen LogP contribution in [0.15, 0.2) is 18.5 Å². The Morgan fingerprint density at radius 3 is 2.60 bits per heavy atom. The van der Waals surface area contributed by atoms with Gasteiger partial charge in [-0.25, -0.2) is 19.9 Å². The largest absolute Gasteiger partial charge is 0.378 e. The molecule has 0 amide bonds. The molecule has 8 nitrogen and oxygen atoms in total.